The number of esters is 1. The molecule has 2 heterocycles. The summed E-state index contributed by atoms with van der Waals surface area (Å²) in [6, 6.07) is 7.29. The number of carbonyl (C=O) groups excluding carboxylic acids is 1. The van der Waals surface area contributed by atoms with Crippen LogP contribution in [0.3, 0.4) is 0 Å². The summed E-state index contributed by atoms with van der Waals surface area (Å²) in [5, 5.41) is 14.6. The molecule has 0 saturated carbocycles. The Morgan fingerprint density at radius 3 is 2.50 bits per heavy atom. The molecule has 0 saturated heterocycles. The molecular formula is C18H19N3O3. The lowest BCUT2D eigenvalue weighted by molar-refractivity contribution is 0.0519. The average Bonchev–Trinajstić information content (AvgIpc) is 2.85. The molecule has 0 amide bonds. The molecule has 0 atom stereocenters. The highest BCUT2D eigenvalue weighted by molar-refractivity contribution is 5.90. The van der Waals surface area contributed by atoms with Crippen molar-refractivity contribution in [2.75, 3.05) is 6.61 Å². The number of ether oxygens (including phenoxy) is 1. The zero-order valence-electron chi connectivity index (χ0n) is 14.1. The second-order valence-electron chi connectivity index (χ2n) is 5.68. The Morgan fingerprint density at radius 2 is 1.88 bits per heavy atom. The highest BCUT2D eigenvalue weighted by Crippen LogP contribution is 2.34. The van der Waals surface area contributed by atoms with E-state index in [0.29, 0.717) is 5.65 Å². The number of benzene rings is 1. The molecule has 6 nitrogen and oxygen atoms in total. The van der Waals surface area contributed by atoms with Crippen LogP contribution in [0.25, 0.3) is 16.8 Å². The first-order valence-corrected chi connectivity index (χ1v) is 7.77. The summed E-state index contributed by atoms with van der Waals surface area (Å²) in [4.78, 5) is 16.4. The maximum absolute atomic E-state index is 12.0. The highest BCUT2D eigenvalue weighted by Gasteiger charge is 2.21. The SMILES string of the molecule is CCOC(=O)c1cc(O)n2nc(C)c(-c3c(C)cccc3C)c2n1. The Bertz CT molecular complexity index is 924. The maximum Gasteiger partial charge on any atom is 0.357 e. The first kappa shape index (κ1) is 16.0. The summed E-state index contributed by atoms with van der Waals surface area (Å²) in [5.74, 6) is -0.717. The van der Waals surface area contributed by atoms with Gasteiger partial charge in [-0.3, -0.25) is 0 Å². The molecule has 0 radical (unpaired) electrons. The molecule has 2 aromatic heterocycles. The molecule has 0 aliphatic heterocycles. The van der Waals surface area contributed by atoms with Crippen LogP contribution in [-0.2, 0) is 4.74 Å². The lowest BCUT2D eigenvalue weighted by Crippen LogP contribution is -2.08. The molecule has 124 valence electrons. The predicted octanol–water partition coefficient (Wildman–Crippen LogP) is 3.20. The number of hydrogen-bond donors (Lipinski definition) is 1. The predicted molar refractivity (Wildman–Crippen MR) is 90.3 cm³/mol. The molecule has 0 aliphatic rings. The second-order valence-corrected chi connectivity index (χ2v) is 5.68. The molecule has 1 N–H and O–H groups in total. The van der Waals surface area contributed by atoms with Crippen molar-refractivity contribution in [3.8, 4) is 17.0 Å². The van der Waals surface area contributed by atoms with Gasteiger partial charge >= 0.3 is 5.97 Å². The fourth-order valence-electron chi connectivity index (χ4n) is 2.92. The molecule has 24 heavy (non-hydrogen) atoms. The van der Waals surface area contributed by atoms with Gasteiger partial charge in [0.15, 0.2) is 11.3 Å². The molecule has 3 rings (SSSR count). The summed E-state index contributed by atoms with van der Waals surface area (Å²) in [7, 11) is 0. The van der Waals surface area contributed by atoms with Crippen LogP contribution in [0.4, 0.5) is 0 Å². The standard InChI is InChI=1S/C18H19N3O3/c1-5-24-18(23)13-9-14(22)21-17(19-13)16(12(4)20-21)15-10(2)7-6-8-11(15)3/h6-9,22H,5H2,1-4H3. The maximum atomic E-state index is 12.0. The van der Waals surface area contributed by atoms with Crippen LogP contribution in [0.2, 0.25) is 0 Å². The van der Waals surface area contributed by atoms with E-state index in [9.17, 15) is 9.90 Å². The fraction of sp³-hybridized carbons (Fsp3) is 0.278. The molecule has 0 fully saturated rings. The van der Waals surface area contributed by atoms with Gasteiger partial charge in [-0.2, -0.15) is 9.61 Å². The van der Waals surface area contributed by atoms with Crippen molar-refractivity contribution in [1.82, 2.24) is 14.6 Å². The number of carbonyl (C=O) groups is 1. The first-order valence-electron chi connectivity index (χ1n) is 7.77. The van der Waals surface area contributed by atoms with Crippen LogP contribution in [0.1, 0.15) is 34.2 Å². The number of aromatic hydroxyl groups is 1. The second kappa shape index (κ2) is 5.96. The van der Waals surface area contributed by atoms with Crippen molar-refractivity contribution in [2.24, 2.45) is 0 Å². The van der Waals surface area contributed by atoms with Crippen molar-refractivity contribution < 1.29 is 14.6 Å². The van der Waals surface area contributed by atoms with Crippen molar-refractivity contribution in [3.63, 3.8) is 0 Å². The van der Waals surface area contributed by atoms with Gasteiger partial charge in [-0.25, -0.2) is 9.78 Å². The minimum atomic E-state index is -0.568. The van der Waals surface area contributed by atoms with E-state index in [-0.39, 0.29) is 18.2 Å². The zero-order valence-corrected chi connectivity index (χ0v) is 14.1. The molecule has 0 spiro atoms. The minimum absolute atomic E-state index is 0.0641. The number of fused-ring (bicyclic) bond motifs is 1. The normalized spacial score (nSPS) is 11.0. The number of rotatable bonds is 3. The lowest BCUT2D eigenvalue weighted by atomic mass is 9.96. The van der Waals surface area contributed by atoms with Crippen LogP contribution in [0.5, 0.6) is 5.88 Å². The number of nitrogens with zero attached hydrogens (tertiary/aromatic N) is 3. The van der Waals surface area contributed by atoms with E-state index in [1.165, 1.54) is 10.6 Å². The van der Waals surface area contributed by atoms with Gasteiger partial charge in [0.25, 0.3) is 0 Å². The first-order chi connectivity index (χ1) is 11.4. The van der Waals surface area contributed by atoms with Crippen LogP contribution in [0, 0.1) is 20.8 Å². The van der Waals surface area contributed by atoms with E-state index < -0.39 is 5.97 Å². The molecule has 3 aromatic rings. The van der Waals surface area contributed by atoms with Crippen molar-refractivity contribution >= 4 is 11.6 Å². The highest BCUT2D eigenvalue weighted by atomic mass is 16.5. The Kier molecular flexibility index (Phi) is 3.97. The van der Waals surface area contributed by atoms with Gasteiger partial charge in [-0.15, -0.1) is 0 Å². The van der Waals surface area contributed by atoms with Gasteiger partial charge in [-0.05, 0) is 44.4 Å². The van der Waals surface area contributed by atoms with E-state index in [4.69, 9.17) is 4.74 Å². The Hall–Kier alpha value is -2.89. The van der Waals surface area contributed by atoms with Crippen molar-refractivity contribution in [2.45, 2.75) is 27.7 Å². The largest absolute Gasteiger partial charge is 0.493 e. The number of aromatic nitrogens is 3. The monoisotopic (exact) mass is 325 g/mol. The smallest absolute Gasteiger partial charge is 0.357 e. The van der Waals surface area contributed by atoms with Crippen LogP contribution >= 0.6 is 0 Å². The van der Waals surface area contributed by atoms with Crippen molar-refractivity contribution in [1.29, 1.82) is 0 Å². The molecule has 1 aromatic carbocycles. The Balaban J connectivity index is 2.33. The third kappa shape index (κ3) is 2.50. The number of aryl methyl sites for hydroxylation is 3. The zero-order chi connectivity index (χ0) is 17.4. The Morgan fingerprint density at radius 1 is 1.21 bits per heavy atom. The van der Waals surface area contributed by atoms with Gasteiger partial charge in [0.2, 0.25) is 5.88 Å². The topological polar surface area (TPSA) is 76.7 Å². The summed E-state index contributed by atoms with van der Waals surface area (Å²) in [6.07, 6.45) is 0. The average molecular weight is 325 g/mol. The van der Waals surface area contributed by atoms with E-state index in [1.807, 2.05) is 39.0 Å². The lowest BCUT2D eigenvalue weighted by Gasteiger charge is -2.10. The summed E-state index contributed by atoms with van der Waals surface area (Å²) < 4.78 is 6.34. The minimum Gasteiger partial charge on any atom is -0.493 e. The molecule has 0 aliphatic carbocycles. The van der Waals surface area contributed by atoms with Crippen LogP contribution in [0.15, 0.2) is 24.3 Å². The molecule has 0 unspecified atom stereocenters. The van der Waals surface area contributed by atoms with E-state index in [2.05, 4.69) is 10.1 Å². The van der Waals surface area contributed by atoms with E-state index in [0.717, 1.165) is 27.9 Å². The summed E-state index contributed by atoms with van der Waals surface area (Å²) >= 11 is 0. The summed E-state index contributed by atoms with van der Waals surface area (Å²) in [5.41, 5.74) is 5.22. The summed E-state index contributed by atoms with van der Waals surface area (Å²) in [6.45, 7) is 7.86. The van der Waals surface area contributed by atoms with E-state index >= 15 is 0 Å². The van der Waals surface area contributed by atoms with Gasteiger partial charge < -0.3 is 9.84 Å². The quantitative estimate of drug-likeness (QED) is 0.748. The Labute approximate surface area is 139 Å². The van der Waals surface area contributed by atoms with Crippen molar-refractivity contribution in [3.05, 3.63) is 46.8 Å². The van der Waals surface area contributed by atoms with Gasteiger partial charge in [0, 0.05) is 6.07 Å². The molecule has 0 bridgehead atoms. The van der Waals surface area contributed by atoms with E-state index in [1.54, 1.807) is 6.92 Å². The van der Waals surface area contributed by atoms with Gasteiger partial charge in [-0.1, -0.05) is 18.2 Å². The molecule has 6 heteroatoms. The fourth-order valence-corrected chi connectivity index (χ4v) is 2.92. The van der Waals surface area contributed by atoms with Gasteiger partial charge in [0.05, 0.1) is 17.9 Å². The third-order valence-corrected chi connectivity index (χ3v) is 3.96. The number of hydrogen-bond acceptors (Lipinski definition) is 5. The molecular weight excluding hydrogens is 306 g/mol. The van der Waals surface area contributed by atoms with Crippen LogP contribution in [-0.4, -0.2) is 32.3 Å². The van der Waals surface area contributed by atoms with Gasteiger partial charge in [0.1, 0.15) is 0 Å². The van der Waals surface area contributed by atoms with Crippen LogP contribution < -0.4 is 0 Å². The third-order valence-electron chi connectivity index (χ3n) is 3.96.